The molecule has 2 aliphatic rings. The summed E-state index contributed by atoms with van der Waals surface area (Å²) < 4.78 is 63.3. The van der Waals surface area contributed by atoms with Crippen LogP contribution in [0, 0.1) is 5.92 Å². The third kappa shape index (κ3) is 8.74. The molecule has 1 unspecified atom stereocenters. The molecule has 0 spiro atoms. The van der Waals surface area contributed by atoms with Gasteiger partial charge in [0.15, 0.2) is 0 Å². The van der Waals surface area contributed by atoms with Crippen LogP contribution < -0.4 is 10.6 Å². The zero-order valence-electron chi connectivity index (χ0n) is 22.9. The number of fused-ring (bicyclic) bond motifs is 1. The van der Waals surface area contributed by atoms with Crippen molar-refractivity contribution in [1.82, 2.24) is 30.4 Å². The van der Waals surface area contributed by atoms with Crippen molar-refractivity contribution in [2.45, 2.75) is 88.9 Å². The molecule has 41 heavy (non-hydrogen) atoms. The molecule has 2 aromatic heterocycles. The Labute approximate surface area is 234 Å². The summed E-state index contributed by atoms with van der Waals surface area (Å²) in [6.07, 6.45) is 0.983. The number of hydrogen-bond donors (Lipinski definition) is 3. The fourth-order valence-electron chi connectivity index (χ4n) is 5.02. The van der Waals surface area contributed by atoms with Crippen molar-refractivity contribution in [3.63, 3.8) is 0 Å². The summed E-state index contributed by atoms with van der Waals surface area (Å²) in [6.45, 7) is 0.189. The lowest BCUT2D eigenvalue weighted by Crippen LogP contribution is -2.36. The summed E-state index contributed by atoms with van der Waals surface area (Å²) in [5, 5.41) is 9.56. The number of benzene rings is 1. The van der Waals surface area contributed by atoms with Crippen LogP contribution in [-0.4, -0.2) is 43.7 Å². The highest BCUT2D eigenvalue weighted by molar-refractivity contribution is 5.92. The highest BCUT2D eigenvalue weighted by Crippen LogP contribution is 2.38. The molecule has 2 amide bonds. The summed E-state index contributed by atoms with van der Waals surface area (Å²) in [6, 6.07) is 6.78. The minimum atomic E-state index is -4.36. The van der Waals surface area contributed by atoms with E-state index in [1.165, 1.54) is 10.9 Å². The van der Waals surface area contributed by atoms with E-state index < -0.39 is 30.8 Å². The zero-order chi connectivity index (χ0) is 29.6. The number of rotatable bonds is 8. The third-order valence-corrected chi connectivity index (χ3v) is 7.54. The number of halogens is 5. The first-order chi connectivity index (χ1) is 19.4. The second-order valence-corrected chi connectivity index (χ2v) is 10.8. The summed E-state index contributed by atoms with van der Waals surface area (Å²) in [5.74, 6) is -2.45. The summed E-state index contributed by atoms with van der Waals surface area (Å²) in [4.78, 5) is 32.1. The van der Waals surface area contributed by atoms with Crippen molar-refractivity contribution in [3.8, 4) is 0 Å². The van der Waals surface area contributed by atoms with Crippen LogP contribution in [0.15, 0.2) is 30.5 Å². The lowest BCUT2D eigenvalue weighted by Gasteiger charge is -2.34. The van der Waals surface area contributed by atoms with E-state index in [9.17, 15) is 31.5 Å². The average molecular weight is 583 g/mol. The van der Waals surface area contributed by atoms with Gasteiger partial charge in [0.25, 0.3) is 5.91 Å². The minimum absolute atomic E-state index is 0.118. The molecule has 3 N–H and O–H groups in total. The number of alkyl halides is 5. The third-order valence-electron chi connectivity index (χ3n) is 7.54. The van der Waals surface area contributed by atoms with E-state index in [4.69, 9.17) is 0 Å². The normalized spacial score (nSPS) is 17.7. The van der Waals surface area contributed by atoms with Gasteiger partial charge < -0.3 is 15.6 Å². The number of amides is 2. The predicted molar refractivity (Wildman–Crippen MR) is 142 cm³/mol. The van der Waals surface area contributed by atoms with Crippen molar-refractivity contribution in [3.05, 3.63) is 47.5 Å². The van der Waals surface area contributed by atoms with Crippen LogP contribution in [0.4, 0.5) is 22.0 Å². The number of aromatic amines is 1. The summed E-state index contributed by atoms with van der Waals surface area (Å²) in [5.41, 5.74) is 2.67. The first-order valence-electron chi connectivity index (χ1n) is 13.9. The van der Waals surface area contributed by atoms with Gasteiger partial charge >= 0.3 is 6.18 Å². The Morgan fingerprint density at radius 2 is 1.85 bits per heavy atom. The number of carbonyl (C=O) groups is 2. The maximum absolute atomic E-state index is 12.5. The van der Waals surface area contributed by atoms with Gasteiger partial charge in [0.2, 0.25) is 11.8 Å². The molecule has 0 radical (unpaired) electrons. The number of carbonyl (C=O) groups excluding carboxylic acids is 2. The van der Waals surface area contributed by atoms with Gasteiger partial charge in [0.1, 0.15) is 11.5 Å². The van der Waals surface area contributed by atoms with Gasteiger partial charge in [-0.1, -0.05) is 18.9 Å². The molecule has 0 aliphatic heterocycles. The second kappa shape index (κ2) is 13.0. The second-order valence-electron chi connectivity index (χ2n) is 10.8. The number of aryl methyl sites for hydroxylation is 1. The number of H-pyrrole nitrogens is 1. The topological polar surface area (TPSA) is 105 Å². The average Bonchev–Trinajstić information content (AvgIpc) is 3.49. The van der Waals surface area contributed by atoms with Gasteiger partial charge in [-0.3, -0.25) is 14.3 Å². The fraction of sp³-hybridized carbons (Fsp3) is 0.571. The predicted octanol–water partition coefficient (Wildman–Crippen LogP) is 6.11. The SMILES string of the molecule is Cn1nccc1C(=O)NCc1nc2ccc(C(NC(=O)CCC(F)(F)F)C3CCC3)cc2[nH]1.FC1(F)CCCCC1. The molecular weight excluding hydrogens is 547 g/mol. The lowest BCUT2D eigenvalue weighted by atomic mass is 9.77. The van der Waals surface area contributed by atoms with Crippen molar-refractivity contribution >= 4 is 22.8 Å². The quantitative estimate of drug-likeness (QED) is 0.279. The fourth-order valence-corrected chi connectivity index (χ4v) is 5.02. The van der Waals surface area contributed by atoms with E-state index in [2.05, 4.69) is 25.7 Å². The molecule has 0 bridgehead atoms. The van der Waals surface area contributed by atoms with Crippen molar-refractivity contribution in [2.24, 2.45) is 13.0 Å². The Hall–Kier alpha value is -3.51. The highest BCUT2D eigenvalue weighted by atomic mass is 19.4. The molecule has 5 rings (SSSR count). The van der Waals surface area contributed by atoms with Crippen LogP contribution in [0.3, 0.4) is 0 Å². The number of imidazole rings is 1. The molecule has 0 saturated heterocycles. The first-order valence-corrected chi connectivity index (χ1v) is 13.9. The molecule has 3 aromatic rings. The van der Waals surface area contributed by atoms with E-state index in [1.807, 2.05) is 12.1 Å². The number of hydrogen-bond acceptors (Lipinski definition) is 4. The minimum Gasteiger partial charge on any atom is -0.349 e. The van der Waals surface area contributed by atoms with Crippen molar-refractivity contribution in [1.29, 1.82) is 0 Å². The van der Waals surface area contributed by atoms with Gasteiger partial charge in [-0.15, -0.1) is 0 Å². The van der Waals surface area contributed by atoms with Gasteiger partial charge in [0.05, 0.1) is 30.0 Å². The summed E-state index contributed by atoms with van der Waals surface area (Å²) >= 11 is 0. The first kappa shape index (κ1) is 30.4. The molecule has 2 fully saturated rings. The van der Waals surface area contributed by atoms with E-state index in [-0.39, 0.29) is 37.3 Å². The van der Waals surface area contributed by atoms with Crippen LogP contribution in [-0.2, 0) is 18.4 Å². The van der Waals surface area contributed by atoms with Gasteiger partial charge in [-0.25, -0.2) is 13.8 Å². The van der Waals surface area contributed by atoms with Crippen LogP contribution >= 0.6 is 0 Å². The molecule has 1 aromatic carbocycles. The Morgan fingerprint density at radius 3 is 2.41 bits per heavy atom. The summed E-state index contributed by atoms with van der Waals surface area (Å²) in [7, 11) is 1.68. The zero-order valence-corrected chi connectivity index (χ0v) is 22.9. The maximum Gasteiger partial charge on any atom is 0.389 e. The maximum atomic E-state index is 12.5. The van der Waals surface area contributed by atoms with Crippen LogP contribution in [0.25, 0.3) is 11.0 Å². The van der Waals surface area contributed by atoms with E-state index in [0.717, 1.165) is 36.8 Å². The van der Waals surface area contributed by atoms with Gasteiger partial charge in [-0.2, -0.15) is 18.3 Å². The van der Waals surface area contributed by atoms with Crippen molar-refractivity contribution in [2.75, 3.05) is 0 Å². The Balaban J connectivity index is 0.000000417. The molecular formula is C28H35F5N6O2. The molecule has 1 atom stereocenters. The molecule has 2 heterocycles. The largest absolute Gasteiger partial charge is 0.389 e. The van der Waals surface area contributed by atoms with Crippen molar-refractivity contribution < 1.29 is 31.5 Å². The Bertz CT molecular complexity index is 1320. The standard InChI is InChI=1S/C22H25F3N6O2.C6H10F2/c1-31-17(8-10-27-31)21(33)26-12-18-28-15-6-5-14(11-16(15)29-18)20(13-3-2-4-13)30-19(32)7-9-22(23,24)25;7-6(8)4-2-1-3-5-6/h5-6,8,10-11,13,20H,2-4,7,9,12H2,1H3,(H,26,33)(H,28,29)(H,30,32);1-5H2. The number of nitrogens with one attached hydrogen (secondary N) is 3. The molecule has 8 nitrogen and oxygen atoms in total. The van der Waals surface area contributed by atoms with E-state index >= 15 is 0 Å². The van der Waals surface area contributed by atoms with E-state index in [0.29, 0.717) is 29.9 Å². The molecule has 2 saturated carbocycles. The Kier molecular flexibility index (Phi) is 9.64. The lowest BCUT2D eigenvalue weighted by molar-refractivity contribution is -0.144. The van der Waals surface area contributed by atoms with Gasteiger partial charge in [0, 0.05) is 32.5 Å². The number of nitrogens with zero attached hydrogens (tertiary/aromatic N) is 3. The van der Waals surface area contributed by atoms with Crippen LogP contribution in [0.5, 0.6) is 0 Å². The monoisotopic (exact) mass is 582 g/mol. The number of aromatic nitrogens is 4. The molecule has 2 aliphatic carbocycles. The van der Waals surface area contributed by atoms with Crippen LogP contribution in [0.2, 0.25) is 0 Å². The Morgan fingerprint density at radius 1 is 1.12 bits per heavy atom. The highest BCUT2D eigenvalue weighted by Gasteiger charge is 2.32. The van der Waals surface area contributed by atoms with E-state index in [1.54, 1.807) is 19.2 Å². The smallest absolute Gasteiger partial charge is 0.349 e. The van der Waals surface area contributed by atoms with Crippen LogP contribution in [0.1, 0.15) is 92.1 Å². The molecule has 224 valence electrons. The van der Waals surface area contributed by atoms with Gasteiger partial charge in [-0.05, 0) is 55.4 Å². The molecule has 13 heteroatoms.